The molecule has 1 atom stereocenters. The summed E-state index contributed by atoms with van der Waals surface area (Å²) in [4.78, 5) is 12.2. The average molecular weight is 222 g/mol. The molecule has 2 heteroatoms. The Hall–Kier alpha value is -2.09. The zero-order chi connectivity index (χ0) is 11.7. The van der Waals surface area contributed by atoms with Gasteiger partial charge in [-0.15, -0.1) is 0 Å². The van der Waals surface area contributed by atoms with Gasteiger partial charge in [0.05, 0.1) is 5.69 Å². The quantitative estimate of drug-likeness (QED) is 0.719. The average Bonchev–Trinajstić information content (AvgIpc) is 2.82. The van der Waals surface area contributed by atoms with Crippen LogP contribution in [0.4, 0.5) is 5.69 Å². The first-order valence-corrected chi connectivity index (χ1v) is 5.72. The number of fused-ring (bicyclic) bond motifs is 1. The molecule has 2 aromatic rings. The molecule has 2 aromatic carbocycles. The van der Waals surface area contributed by atoms with Gasteiger partial charge in [-0.25, -0.2) is 0 Å². The smallest absolute Gasteiger partial charge is 0.187 e. The van der Waals surface area contributed by atoms with Gasteiger partial charge >= 0.3 is 0 Å². The number of benzene rings is 2. The largest absolute Gasteiger partial charge is 0.292 e. The van der Waals surface area contributed by atoms with Crippen molar-refractivity contribution in [2.24, 2.45) is 0 Å². The molecule has 0 N–H and O–H groups in total. The van der Waals surface area contributed by atoms with Crippen molar-refractivity contribution in [2.75, 3.05) is 0 Å². The zero-order valence-electron chi connectivity index (χ0n) is 9.34. The van der Waals surface area contributed by atoms with Crippen molar-refractivity contribution in [3.05, 3.63) is 65.7 Å². The summed E-state index contributed by atoms with van der Waals surface area (Å²) in [5.41, 5.74) is 2.87. The van der Waals surface area contributed by atoms with Crippen LogP contribution in [-0.2, 0) is 6.42 Å². The molecule has 0 amide bonds. The van der Waals surface area contributed by atoms with Gasteiger partial charge < -0.3 is 0 Å². The summed E-state index contributed by atoms with van der Waals surface area (Å²) in [5, 5.41) is 4.48. The van der Waals surface area contributed by atoms with Gasteiger partial charge in [0.2, 0.25) is 0 Å². The normalized spacial score (nSPS) is 17.3. The van der Waals surface area contributed by atoms with E-state index in [0.717, 1.165) is 17.7 Å². The lowest BCUT2D eigenvalue weighted by molar-refractivity contribution is 0.0953. The van der Waals surface area contributed by atoms with E-state index in [2.05, 4.69) is 5.32 Å². The summed E-state index contributed by atoms with van der Waals surface area (Å²) in [5.74, 6) is 0.113. The molecular formula is C15H12NO. The van der Waals surface area contributed by atoms with Crippen LogP contribution in [-0.4, -0.2) is 11.8 Å². The number of carbonyl (C=O) groups excluding carboxylic acids is 1. The number of hydrogen-bond donors (Lipinski definition) is 0. The molecule has 0 bridgehead atoms. The second-order valence-corrected chi connectivity index (χ2v) is 4.21. The lowest BCUT2D eigenvalue weighted by Gasteiger charge is -2.07. The molecule has 0 saturated heterocycles. The third-order valence-electron chi connectivity index (χ3n) is 3.06. The molecule has 0 aromatic heterocycles. The molecule has 1 aliphatic heterocycles. The number of rotatable bonds is 2. The van der Waals surface area contributed by atoms with Crippen molar-refractivity contribution in [1.82, 2.24) is 5.32 Å². The van der Waals surface area contributed by atoms with Crippen LogP contribution in [0.1, 0.15) is 15.9 Å². The van der Waals surface area contributed by atoms with Crippen LogP contribution >= 0.6 is 0 Å². The van der Waals surface area contributed by atoms with Gasteiger partial charge in [-0.2, -0.15) is 0 Å². The van der Waals surface area contributed by atoms with E-state index >= 15 is 0 Å². The number of Topliss-reactive ketones (excluding diaryl/α,β-unsaturated/α-hetero) is 1. The molecule has 1 heterocycles. The van der Waals surface area contributed by atoms with Crippen molar-refractivity contribution in [2.45, 2.75) is 12.5 Å². The Morgan fingerprint density at radius 3 is 2.47 bits per heavy atom. The van der Waals surface area contributed by atoms with Crippen LogP contribution in [0.15, 0.2) is 54.6 Å². The van der Waals surface area contributed by atoms with Crippen LogP contribution < -0.4 is 5.32 Å². The van der Waals surface area contributed by atoms with Gasteiger partial charge in [-0.05, 0) is 11.6 Å². The molecule has 1 unspecified atom stereocenters. The molecule has 0 aliphatic carbocycles. The standard InChI is InChI=1S/C15H12NO/c17-15(11-6-2-1-3-7-11)14-10-12-8-4-5-9-13(12)16-14/h1-9,14H,10H2. The van der Waals surface area contributed by atoms with E-state index in [1.807, 2.05) is 54.6 Å². The highest BCUT2D eigenvalue weighted by Gasteiger charge is 2.28. The number of carbonyl (C=O) groups is 1. The summed E-state index contributed by atoms with van der Waals surface area (Å²) >= 11 is 0. The summed E-state index contributed by atoms with van der Waals surface area (Å²) < 4.78 is 0. The first kappa shape index (κ1) is 10.1. The third kappa shape index (κ3) is 1.82. The first-order valence-electron chi connectivity index (χ1n) is 5.72. The van der Waals surface area contributed by atoms with Crippen molar-refractivity contribution < 1.29 is 4.79 Å². The van der Waals surface area contributed by atoms with Crippen LogP contribution in [0.3, 0.4) is 0 Å². The predicted molar refractivity (Wildman–Crippen MR) is 66.5 cm³/mol. The Balaban J connectivity index is 1.84. The molecule has 17 heavy (non-hydrogen) atoms. The highest BCUT2D eigenvalue weighted by Crippen LogP contribution is 2.27. The van der Waals surface area contributed by atoms with E-state index in [4.69, 9.17) is 0 Å². The SMILES string of the molecule is O=C(c1ccccc1)C1Cc2ccccc2[N]1. The third-order valence-corrected chi connectivity index (χ3v) is 3.06. The molecule has 0 fully saturated rings. The van der Waals surface area contributed by atoms with Crippen LogP contribution in [0.5, 0.6) is 0 Å². The van der Waals surface area contributed by atoms with Gasteiger partial charge in [0, 0.05) is 12.0 Å². The Bertz CT molecular complexity index is 523. The molecular weight excluding hydrogens is 210 g/mol. The minimum absolute atomic E-state index is 0.113. The molecule has 2 nitrogen and oxygen atoms in total. The molecule has 83 valence electrons. The van der Waals surface area contributed by atoms with Crippen molar-refractivity contribution in [3.8, 4) is 0 Å². The van der Waals surface area contributed by atoms with Crippen molar-refractivity contribution >= 4 is 11.5 Å². The van der Waals surface area contributed by atoms with Gasteiger partial charge in [0.1, 0.15) is 6.04 Å². The number of para-hydroxylation sites is 1. The van der Waals surface area contributed by atoms with Crippen LogP contribution in [0.2, 0.25) is 0 Å². The van der Waals surface area contributed by atoms with Crippen LogP contribution in [0.25, 0.3) is 0 Å². The monoisotopic (exact) mass is 222 g/mol. The van der Waals surface area contributed by atoms with Crippen molar-refractivity contribution in [3.63, 3.8) is 0 Å². The highest BCUT2D eigenvalue weighted by atomic mass is 16.1. The summed E-state index contributed by atoms with van der Waals surface area (Å²) in [7, 11) is 0. The lowest BCUT2D eigenvalue weighted by atomic mass is 10.0. The molecule has 1 aliphatic rings. The Morgan fingerprint density at radius 1 is 1.00 bits per heavy atom. The predicted octanol–water partition coefficient (Wildman–Crippen LogP) is 2.73. The van der Waals surface area contributed by atoms with Crippen LogP contribution in [0, 0.1) is 0 Å². The molecule has 0 saturated carbocycles. The Kier molecular flexibility index (Phi) is 2.41. The second kappa shape index (κ2) is 4.06. The minimum atomic E-state index is -0.241. The number of nitrogens with zero attached hydrogens (tertiary/aromatic N) is 1. The molecule has 3 rings (SSSR count). The zero-order valence-corrected chi connectivity index (χ0v) is 9.34. The van der Waals surface area contributed by atoms with E-state index in [0.29, 0.717) is 0 Å². The first-order chi connectivity index (χ1) is 8.34. The Morgan fingerprint density at radius 2 is 1.71 bits per heavy atom. The van der Waals surface area contributed by atoms with E-state index in [1.54, 1.807) is 0 Å². The molecule has 0 spiro atoms. The van der Waals surface area contributed by atoms with E-state index in [9.17, 15) is 4.79 Å². The fourth-order valence-electron chi connectivity index (χ4n) is 2.18. The second-order valence-electron chi connectivity index (χ2n) is 4.21. The highest BCUT2D eigenvalue weighted by molar-refractivity contribution is 6.01. The number of ketones is 1. The fourth-order valence-corrected chi connectivity index (χ4v) is 2.18. The lowest BCUT2D eigenvalue weighted by Crippen LogP contribution is -2.26. The molecule has 1 radical (unpaired) electrons. The van der Waals surface area contributed by atoms with E-state index < -0.39 is 0 Å². The maximum absolute atomic E-state index is 12.2. The van der Waals surface area contributed by atoms with Gasteiger partial charge in [0.25, 0.3) is 0 Å². The summed E-state index contributed by atoms with van der Waals surface area (Å²) in [6.07, 6.45) is 0.726. The van der Waals surface area contributed by atoms with E-state index in [1.165, 1.54) is 5.56 Å². The topological polar surface area (TPSA) is 31.2 Å². The maximum atomic E-state index is 12.2. The maximum Gasteiger partial charge on any atom is 0.187 e. The minimum Gasteiger partial charge on any atom is -0.292 e. The fraction of sp³-hybridized carbons (Fsp3) is 0.133. The van der Waals surface area contributed by atoms with Gasteiger partial charge in [0.15, 0.2) is 5.78 Å². The van der Waals surface area contributed by atoms with Gasteiger partial charge in [-0.3, -0.25) is 10.1 Å². The summed E-state index contributed by atoms with van der Waals surface area (Å²) in [6.45, 7) is 0. The van der Waals surface area contributed by atoms with Gasteiger partial charge in [-0.1, -0.05) is 48.5 Å². The van der Waals surface area contributed by atoms with E-state index in [-0.39, 0.29) is 11.8 Å². The summed E-state index contributed by atoms with van der Waals surface area (Å²) in [6, 6.07) is 17.1. The number of hydrogen-bond acceptors (Lipinski definition) is 1. The Labute approximate surface area is 100 Å². The van der Waals surface area contributed by atoms with Crippen molar-refractivity contribution in [1.29, 1.82) is 0 Å².